The van der Waals surface area contributed by atoms with Gasteiger partial charge >= 0.3 is 0 Å². The Bertz CT molecular complexity index is 381. The van der Waals surface area contributed by atoms with Gasteiger partial charge in [-0.3, -0.25) is 4.79 Å². The summed E-state index contributed by atoms with van der Waals surface area (Å²) in [5.74, 6) is 1.93. The molecule has 1 aliphatic rings. The molecule has 2 rings (SSSR count). The molecule has 1 heterocycles. The Morgan fingerprint density at radius 3 is 3.07 bits per heavy atom. The third kappa shape index (κ3) is 2.36. The van der Waals surface area contributed by atoms with Gasteiger partial charge in [-0.25, -0.2) is 0 Å². The molecule has 80 valence electrons. The number of nitrogens with one attached hydrogen (secondary N) is 1. The summed E-state index contributed by atoms with van der Waals surface area (Å²) in [7, 11) is 1.63. The lowest BCUT2D eigenvalue weighted by molar-refractivity contribution is -0.118. The minimum atomic E-state index is 0.0117. The number of thioether (sulfide) groups is 1. The molecule has 0 atom stereocenters. The minimum absolute atomic E-state index is 0.0117. The second-order valence-electron chi connectivity index (χ2n) is 2.98. The molecular formula is C10H11NO3S. The number of benzene rings is 1. The quantitative estimate of drug-likeness (QED) is 0.787. The Balaban J connectivity index is 2.01. The number of amides is 1. The number of carbonyl (C=O) groups excluding carboxylic acids is 1. The van der Waals surface area contributed by atoms with Crippen LogP contribution in [-0.4, -0.2) is 25.5 Å². The Kier molecular flexibility index (Phi) is 3.01. The van der Waals surface area contributed by atoms with Crippen molar-refractivity contribution in [2.75, 3.05) is 19.6 Å². The molecule has 4 nitrogen and oxygen atoms in total. The molecule has 1 aromatic rings. The summed E-state index contributed by atoms with van der Waals surface area (Å²) in [6.45, 7) is 0.277. The maximum absolute atomic E-state index is 11.0. The van der Waals surface area contributed by atoms with Crippen molar-refractivity contribution in [2.24, 2.45) is 0 Å². The van der Waals surface area contributed by atoms with Crippen molar-refractivity contribution < 1.29 is 14.3 Å². The summed E-state index contributed by atoms with van der Waals surface area (Å²) >= 11 is 1.47. The first kappa shape index (κ1) is 10.2. The van der Waals surface area contributed by atoms with Crippen LogP contribution in [0.5, 0.6) is 11.5 Å². The topological polar surface area (TPSA) is 47.6 Å². The van der Waals surface area contributed by atoms with Crippen LogP contribution in [0.4, 0.5) is 0 Å². The van der Waals surface area contributed by atoms with Crippen LogP contribution in [0.25, 0.3) is 0 Å². The van der Waals surface area contributed by atoms with Gasteiger partial charge < -0.3 is 14.8 Å². The average Bonchev–Trinajstić information content (AvgIpc) is 2.72. The molecule has 0 spiro atoms. The number of hydrogen-bond donors (Lipinski definition) is 1. The van der Waals surface area contributed by atoms with Crippen molar-refractivity contribution in [1.82, 2.24) is 5.32 Å². The molecule has 15 heavy (non-hydrogen) atoms. The van der Waals surface area contributed by atoms with E-state index in [1.54, 1.807) is 7.05 Å². The van der Waals surface area contributed by atoms with Gasteiger partial charge in [-0.15, -0.1) is 11.8 Å². The lowest BCUT2D eigenvalue weighted by Gasteiger charge is -2.02. The summed E-state index contributed by atoms with van der Waals surface area (Å²) in [6.07, 6.45) is 0. The molecular weight excluding hydrogens is 214 g/mol. The van der Waals surface area contributed by atoms with Crippen LogP contribution in [0.3, 0.4) is 0 Å². The van der Waals surface area contributed by atoms with Gasteiger partial charge in [-0.05, 0) is 18.2 Å². The van der Waals surface area contributed by atoms with Crippen LogP contribution >= 0.6 is 11.8 Å². The lowest BCUT2D eigenvalue weighted by Crippen LogP contribution is -2.19. The summed E-state index contributed by atoms with van der Waals surface area (Å²) in [4.78, 5) is 12.0. The highest BCUT2D eigenvalue weighted by atomic mass is 32.2. The fourth-order valence-electron chi connectivity index (χ4n) is 1.19. The smallest absolute Gasteiger partial charge is 0.231 e. The van der Waals surface area contributed by atoms with E-state index in [4.69, 9.17) is 9.47 Å². The predicted octanol–water partition coefficient (Wildman–Crippen LogP) is 1.25. The van der Waals surface area contributed by atoms with Crippen molar-refractivity contribution in [2.45, 2.75) is 4.90 Å². The maximum Gasteiger partial charge on any atom is 0.231 e. The highest BCUT2D eigenvalue weighted by Gasteiger charge is 2.13. The molecule has 0 fully saturated rings. The van der Waals surface area contributed by atoms with E-state index in [-0.39, 0.29) is 12.7 Å². The van der Waals surface area contributed by atoms with Crippen molar-refractivity contribution in [3.8, 4) is 11.5 Å². The van der Waals surface area contributed by atoms with E-state index in [0.29, 0.717) is 5.75 Å². The minimum Gasteiger partial charge on any atom is -0.454 e. The predicted molar refractivity (Wildman–Crippen MR) is 57.4 cm³/mol. The normalized spacial score (nSPS) is 12.6. The Hall–Kier alpha value is -1.36. The second-order valence-corrected chi connectivity index (χ2v) is 4.03. The fourth-order valence-corrected chi connectivity index (χ4v) is 1.98. The molecule has 0 saturated carbocycles. The van der Waals surface area contributed by atoms with Gasteiger partial charge in [0, 0.05) is 11.9 Å². The largest absolute Gasteiger partial charge is 0.454 e. The van der Waals surface area contributed by atoms with Gasteiger partial charge in [0.25, 0.3) is 0 Å². The monoisotopic (exact) mass is 225 g/mol. The van der Waals surface area contributed by atoms with Gasteiger partial charge in [0.05, 0.1) is 5.75 Å². The first-order valence-corrected chi connectivity index (χ1v) is 5.51. The van der Waals surface area contributed by atoms with Crippen LogP contribution in [0.2, 0.25) is 0 Å². The van der Waals surface area contributed by atoms with Gasteiger partial charge in [0.15, 0.2) is 11.5 Å². The van der Waals surface area contributed by atoms with Gasteiger partial charge in [-0.1, -0.05) is 0 Å². The van der Waals surface area contributed by atoms with Gasteiger partial charge in [0.1, 0.15) is 0 Å². The fraction of sp³-hybridized carbons (Fsp3) is 0.300. The van der Waals surface area contributed by atoms with E-state index in [9.17, 15) is 4.79 Å². The molecule has 0 saturated heterocycles. The van der Waals surface area contributed by atoms with E-state index in [1.807, 2.05) is 18.2 Å². The van der Waals surface area contributed by atoms with Crippen molar-refractivity contribution in [1.29, 1.82) is 0 Å². The molecule has 1 aliphatic heterocycles. The molecule has 0 aliphatic carbocycles. The number of rotatable bonds is 3. The molecule has 0 bridgehead atoms. The molecule has 1 aromatic carbocycles. The first-order valence-electron chi connectivity index (χ1n) is 4.52. The summed E-state index contributed by atoms with van der Waals surface area (Å²) < 4.78 is 10.4. The number of fused-ring (bicyclic) bond motifs is 1. The SMILES string of the molecule is CNC(=O)CSc1ccc2c(c1)OCO2. The standard InChI is InChI=1S/C10H11NO3S/c1-11-10(12)5-15-7-2-3-8-9(4-7)14-6-13-8/h2-4H,5-6H2,1H3,(H,11,12). The van der Waals surface area contributed by atoms with Crippen molar-refractivity contribution >= 4 is 17.7 Å². The second kappa shape index (κ2) is 4.44. The van der Waals surface area contributed by atoms with E-state index < -0.39 is 0 Å². The average molecular weight is 225 g/mol. The van der Waals surface area contributed by atoms with E-state index in [0.717, 1.165) is 16.4 Å². The zero-order valence-electron chi connectivity index (χ0n) is 8.28. The lowest BCUT2D eigenvalue weighted by atomic mass is 10.3. The van der Waals surface area contributed by atoms with Crippen LogP contribution in [-0.2, 0) is 4.79 Å². The van der Waals surface area contributed by atoms with Crippen molar-refractivity contribution in [3.05, 3.63) is 18.2 Å². The zero-order valence-corrected chi connectivity index (χ0v) is 9.10. The molecule has 1 N–H and O–H groups in total. The Labute approximate surface area is 91.9 Å². The summed E-state index contributed by atoms with van der Waals surface area (Å²) in [5, 5.41) is 2.57. The van der Waals surface area contributed by atoms with Crippen molar-refractivity contribution in [3.63, 3.8) is 0 Å². The number of ether oxygens (including phenoxy) is 2. The highest BCUT2D eigenvalue weighted by molar-refractivity contribution is 8.00. The van der Waals surface area contributed by atoms with E-state index in [1.165, 1.54) is 11.8 Å². The summed E-state index contributed by atoms with van der Waals surface area (Å²) in [6, 6.07) is 5.66. The molecule has 5 heteroatoms. The molecule has 1 amide bonds. The maximum atomic E-state index is 11.0. The molecule has 0 radical (unpaired) electrons. The number of hydrogen-bond acceptors (Lipinski definition) is 4. The zero-order chi connectivity index (χ0) is 10.7. The first-order chi connectivity index (χ1) is 7.29. The van der Waals surface area contributed by atoms with Crippen LogP contribution in [0.15, 0.2) is 23.1 Å². The van der Waals surface area contributed by atoms with Crippen LogP contribution < -0.4 is 14.8 Å². The third-order valence-electron chi connectivity index (χ3n) is 1.99. The van der Waals surface area contributed by atoms with E-state index >= 15 is 0 Å². The van der Waals surface area contributed by atoms with E-state index in [2.05, 4.69) is 5.32 Å². The van der Waals surface area contributed by atoms with Crippen LogP contribution in [0.1, 0.15) is 0 Å². The molecule has 0 aromatic heterocycles. The third-order valence-corrected chi connectivity index (χ3v) is 2.99. The molecule has 0 unspecified atom stereocenters. The number of carbonyl (C=O) groups is 1. The van der Waals surface area contributed by atoms with Gasteiger partial charge in [0.2, 0.25) is 12.7 Å². The Morgan fingerprint density at radius 2 is 2.27 bits per heavy atom. The van der Waals surface area contributed by atoms with Gasteiger partial charge in [-0.2, -0.15) is 0 Å². The highest BCUT2D eigenvalue weighted by Crippen LogP contribution is 2.35. The Morgan fingerprint density at radius 1 is 1.47 bits per heavy atom. The van der Waals surface area contributed by atoms with Crippen LogP contribution in [0, 0.1) is 0 Å². The summed E-state index contributed by atoms with van der Waals surface area (Å²) in [5.41, 5.74) is 0.